The first-order chi connectivity index (χ1) is 15.9. The van der Waals surface area contributed by atoms with Gasteiger partial charge in [0.25, 0.3) is 0 Å². The molecule has 1 fully saturated rings. The molecule has 7 heteroatoms. The first-order valence-corrected chi connectivity index (χ1v) is 11.4. The molecule has 2 amide bonds. The summed E-state index contributed by atoms with van der Waals surface area (Å²) in [6.45, 7) is 2.99. The smallest absolute Gasteiger partial charge is 0.237 e. The Labute approximate surface area is 197 Å². The van der Waals surface area contributed by atoms with E-state index >= 15 is 0 Å². The zero-order chi connectivity index (χ0) is 23.8. The Morgan fingerprint density at radius 3 is 1.36 bits per heavy atom. The van der Waals surface area contributed by atoms with E-state index < -0.39 is 0 Å². The maximum absolute atomic E-state index is 13.4. The van der Waals surface area contributed by atoms with Gasteiger partial charge in [0.15, 0.2) is 0 Å². The number of ether oxygens (including phenoxy) is 1. The molecular formula is C26H36N4O3. The summed E-state index contributed by atoms with van der Waals surface area (Å²) >= 11 is 0. The Balaban J connectivity index is 2.08. The van der Waals surface area contributed by atoms with Crippen LogP contribution in [0.4, 0.5) is 0 Å². The number of carbonyl (C=O) groups excluding carboxylic acids is 2. The summed E-state index contributed by atoms with van der Waals surface area (Å²) in [4.78, 5) is 34.3. The lowest BCUT2D eigenvalue weighted by Gasteiger charge is -2.41. The van der Waals surface area contributed by atoms with Crippen LogP contribution in [-0.4, -0.2) is 99.0 Å². The number of benzene rings is 2. The highest BCUT2D eigenvalue weighted by molar-refractivity contribution is 5.80. The van der Waals surface area contributed by atoms with Crippen LogP contribution in [0.1, 0.15) is 23.2 Å². The van der Waals surface area contributed by atoms with Crippen molar-refractivity contribution in [3.8, 4) is 0 Å². The van der Waals surface area contributed by atoms with Gasteiger partial charge in [0.1, 0.15) is 0 Å². The predicted molar refractivity (Wildman–Crippen MR) is 130 cm³/mol. The topological polar surface area (TPSA) is 56.3 Å². The number of hydrogen-bond acceptors (Lipinski definition) is 5. The maximum atomic E-state index is 13.4. The van der Waals surface area contributed by atoms with Crippen LogP contribution < -0.4 is 0 Å². The van der Waals surface area contributed by atoms with Gasteiger partial charge in [0.05, 0.1) is 38.4 Å². The molecule has 1 aliphatic rings. The summed E-state index contributed by atoms with van der Waals surface area (Å²) in [5.74, 6) is 0.000228. The minimum absolute atomic E-state index is 0.000114. The lowest BCUT2D eigenvalue weighted by molar-refractivity contribution is -0.140. The van der Waals surface area contributed by atoms with E-state index in [1.54, 1.807) is 9.80 Å². The maximum Gasteiger partial charge on any atom is 0.237 e. The Hall–Kier alpha value is -2.74. The van der Waals surface area contributed by atoms with Gasteiger partial charge in [-0.2, -0.15) is 0 Å². The average Bonchev–Trinajstić information content (AvgIpc) is 2.82. The number of carbonyl (C=O) groups is 2. The zero-order valence-electron chi connectivity index (χ0n) is 20.2. The van der Waals surface area contributed by atoms with Crippen molar-refractivity contribution >= 4 is 11.8 Å². The normalized spacial score (nSPS) is 23.3. The first kappa shape index (κ1) is 24.9. The third-order valence-electron chi connectivity index (χ3n) is 6.25. The number of amides is 2. The van der Waals surface area contributed by atoms with Crippen molar-refractivity contribution in [2.24, 2.45) is 0 Å². The second-order valence-electron chi connectivity index (χ2n) is 8.81. The highest BCUT2D eigenvalue weighted by Crippen LogP contribution is 2.37. The lowest BCUT2D eigenvalue weighted by Crippen LogP contribution is -2.47. The van der Waals surface area contributed by atoms with Crippen molar-refractivity contribution in [3.63, 3.8) is 0 Å². The van der Waals surface area contributed by atoms with E-state index in [0.29, 0.717) is 26.3 Å². The van der Waals surface area contributed by atoms with Crippen molar-refractivity contribution in [2.75, 3.05) is 67.6 Å². The average molecular weight is 453 g/mol. The molecule has 0 bridgehead atoms. The van der Waals surface area contributed by atoms with Crippen LogP contribution >= 0.6 is 0 Å². The lowest BCUT2D eigenvalue weighted by atomic mass is 9.90. The molecule has 33 heavy (non-hydrogen) atoms. The van der Waals surface area contributed by atoms with E-state index in [4.69, 9.17) is 4.74 Å². The second kappa shape index (κ2) is 11.9. The van der Waals surface area contributed by atoms with Gasteiger partial charge in [-0.3, -0.25) is 19.4 Å². The number of hydrogen-bond donors (Lipinski definition) is 0. The van der Waals surface area contributed by atoms with Gasteiger partial charge in [-0.25, -0.2) is 0 Å². The summed E-state index contributed by atoms with van der Waals surface area (Å²) in [6, 6.07) is 19.3. The third-order valence-corrected chi connectivity index (χ3v) is 6.25. The second-order valence-corrected chi connectivity index (χ2v) is 8.81. The molecule has 2 aromatic rings. The highest BCUT2D eigenvalue weighted by atomic mass is 16.5. The number of nitrogens with zero attached hydrogens (tertiary/aromatic N) is 4. The predicted octanol–water partition coefficient (Wildman–Crippen LogP) is 2.28. The standard InChI is InChI=1S/C26H36N4O3/c1-27-15-17-33-18-16-28(2)20-24(32)30(4)26(22-13-9-6-10-14-22)25(29(3)23(31)19-27)21-11-7-5-8-12-21/h5-14,25-26H,15-20H2,1-4H3/t25-,26-/m1/s1. The van der Waals surface area contributed by atoms with Crippen LogP contribution in [0.5, 0.6) is 0 Å². The molecule has 178 valence electrons. The molecule has 0 aliphatic carbocycles. The van der Waals surface area contributed by atoms with Crippen molar-refractivity contribution in [1.29, 1.82) is 0 Å². The largest absolute Gasteiger partial charge is 0.379 e. The molecular weight excluding hydrogens is 416 g/mol. The summed E-state index contributed by atoms with van der Waals surface area (Å²) < 4.78 is 5.72. The molecule has 2 aromatic carbocycles. The molecule has 0 saturated carbocycles. The monoisotopic (exact) mass is 452 g/mol. The molecule has 7 nitrogen and oxygen atoms in total. The molecule has 1 aliphatic heterocycles. The molecule has 0 spiro atoms. The Morgan fingerprint density at radius 1 is 0.636 bits per heavy atom. The third kappa shape index (κ3) is 6.63. The first-order valence-electron chi connectivity index (χ1n) is 11.4. The van der Waals surface area contributed by atoms with Gasteiger partial charge >= 0.3 is 0 Å². The summed E-state index contributed by atoms with van der Waals surface area (Å²) in [7, 11) is 7.54. The fraction of sp³-hybridized carbons (Fsp3) is 0.462. The van der Waals surface area contributed by atoms with Crippen LogP contribution in [0.25, 0.3) is 0 Å². The quantitative estimate of drug-likeness (QED) is 0.700. The van der Waals surface area contributed by atoms with Crippen molar-refractivity contribution < 1.29 is 14.3 Å². The fourth-order valence-electron chi connectivity index (χ4n) is 4.23. The number of likely N-dealkylation sites (N-methyl/N-ethyl adjacent to an activating group) is 4. The Bertz CT molecular complexity index is 819. The molecule has 0 aromatic heterocycles. The van der Waals surface area contributed by atoms with Crippen LogP contribution in [-0.2, 0) is 14.3 Å². The molecule has 1 saturated heterocycles. The molecule has 0 N–H and O–H groups in total. The number of rotatable bonds is 2. The van der Waals surface area contributed by atoms with Crippen LogP contribution in [0.15, 0.2) is 60.7 Å². The van der Waals surface area contributed by atoms with Crippen molar-refractivity contribution in [2.45, 2.75) is 12.1 Å². The minimum atomic E-state index is -0.338. The van der Waals surface area contributed by atoms with E-state index in [2.05, 4.69) is 0 Å². The van der Waals surface area contributed by atoms with E-state index in [1.165, 1.54) is 0 Å². The summed E-state index contributed by atoms with van der Waals surface area (Å²) in [5, 5.41) is 0. The van der Waals surface area contributed by atoms with E-state index in [0.717, 1.165) is 11.1 Å². The van der Waals surface area contributed by atoms with Gasteiger partial charge in [0.2, 0.25) is 11.8 Å². The summed E-state index contributed by atoms with van der Waals surface area (Å²) in [5.41, 5.74) is 1.98. The van der Waals surface area contributed by atoms with Gasteiger partial charge in [0, 0.05) is 27.2 Å². The van der Waals surface area contributed by atoms with Crippen molar-refractivity contribution in [3.05, 3.63) is 71.8 Å². The van der Waals surface area contributed by atoms with E-state index in [-0.39, 0.29) is 37.0 Å². The Kier molecular flexibility index (Phi) is 9.00. The van der Waals surface area contributed by atoms with Gasteiger partial charge < -0.3 is 14.5 Å². The highest BCUT2D eigenvalue weighted by Gasteiger charge is 2.36. The van der Waals surface area contributed by atoms with Gasteiger partial charge in [-0.05, 0) is 25.2 Å². The molecule has 3 rings (SSSR count). The van der Waals surface area contributed by atoms with E-state index in [1.807, 2.05) is 98.7 Å². The Morgan fingerprint density at radius 2 is 1.00 bits per heavy atom. The fourth-order valence-corrected chi connectivity index (χ4v) is 4.23. The van der Waals surface area contributed by atoms with Crippen LogP contribution in [0, 0.1) is 0 Å². The zero-order valence-corrected chi connectivity index (χ0v) is 20.2. The minimum Gasteiger partial charge on any atom is -0.379 e. The molecule has 1 heterocycles. The summed E-state index contributed by atoms with van der Waals surface area (Å²) in [6.07, 6.45) is 0. The van der Waals surface area contributed by atoms with Crippen LogP contribution in [0.3, 0.4) is 0 Å². The van der Waals surface area contributed by atoms with Crippen molar-refractivity contribution in [1.82, 2.24) is 19.6 Å². The molecule has 0 unspecified atom stereocenters. The van der Waals surface area contributed by atoms with Gasteiger partial charge in [-0.1, -0.05) is 60.7 Å². The van der Waals surface area contributed by atoms with E-state index in [9.17, 15) is 9.59 Å². The SMILES string of the molecule is CN1CCOCCN(C)CC(=O)N(C)[C@H](c2ccccc2)[C@@H](c2ccccc2)N(C)C(=O)C1. The molecule has 0 radical (unpaired) electrons. The molecule has 2 atom stereocenters. The van der Waals surface area contributed by atoms with Gasteiger partial charge in [-0.15, -0.1) is 0 Å². The van der Waals surface area contributed by atoms with Crippen LogP contribution in [0.2, 0.25) is 0 Å².